The van der Waals surface area contributed by atoms with Crippen LogP contribution in [0.15, 0.2) is 41.4 Å². The van der Waals surface area contributed by atoms with Crippen molar-refractivity contribution in [2.24, 2.45) is 0 Å². The fourth-order valence-electron chi connectivity index (χ4n) is 1.50. The Kier molecular flexibility index (Phi) is 3.96. The Hall–Kier alpha value is -2.39. The molecule has 8 nitrogen and oxygen atoms in total. The summed E-state index contributed by atoms with van der Waals surface area (Å²) in [6, 6.07) is 5.95. The minimum Gasteiger partial charge on any atom is -0.384 e. The first kappa shape index (κ1) is 15.0. The number of benzene rings is 1. The molecule has 110 valence electrons. The molecule has 0 atom stereocenters. The van der Waals surface area contributed by atoms with Gasteiger partial charge in [0.05, 0.1) is 21.8 Å². The van der Waals surface area contributed by atoms with Crippen molar-refractivity contribution >= 4 is 38.8 Å². The summed E-state index contributed by atoms with van der Waals surface area (Å²) in [7, 11) is -3.98. The number of nitro benzene ring substituents is 1. The maximum atomic E-state index is 12.2. The number of hydrogen-bond acceptors (Lipinski definition) is 6. The third-order valence-electron chi connectivity index (χ3n) is 2.45. The standard InChI is InChI=1S/C11H9ClN4O4S/c12-9-5-8(16(17)18)2-3-10(9)21(19,20)15-7-1-4-11(13)14-6-7/h1-6,15H,(H2,13,14). The lowest BCUT2D eigenvalue weighted by Gasteiger charge is -2.09. The summed E-state index contributed by atoms with van der Waals surface area (Å²) in [6.07, 6.45) is 1.24. The molecule has 2 aromatic rings. The predicted octanol–water partition coefficient (Wildman–Crippen LogP) is 2.03. The molecule has 0 aliphatic carbocycles. The van der Waals surface area contributed by atoms with Gasteiger partial charge >= 0.3 is 0 Å². The van der Waals surface area contributed by atoms with Crippen LogP contribution >= 0.6 is 11.6 Å². The van der Waals surface area contributed by atoms with E-state index in [2.05, 4.69) is 9.71 Å². The monoisotopic (exact) mass is 328 g/mol. The number of nitrogens with two attached hydrogens (primary N) is 1. The molecule has 0 unspecified atom stereocenters. The van der Waals surface area contributed by atoms with Crippen LogP contribution in [0.5, 0.6) is 0 Å². The molecule has 1 heterocycles. The van der Waals surface area contributed by atoms with Crippen LogP contribution in [0.4, 0.5) is 17.2 Å². The van der Waals surface area contributed by atoms with E-state index < -0.39 is 14.9 Å². The molecule has 0 spiro atoms. The molecular formula is C11H9ClN4O4S. The Labute approximate surface area is 124 Å². The number of nitrogens with one attached hydrogen (secondary N) is 1. The average molecular weight is 329 g/mol. The van der Waals surface area contributed by atoms with E-state index in [0.29, 0.717) is 0 Å². The van der Waals surface area contributed by atoms with Crippen LogP contribution in [0.2, 0.25) is 5.02 Å². The molecule has 2 rings (SSSR count). The number of sulfonamides is 1. The van der Waals surface area contributed by atoms with Crippen molar-refractivity contribution in [3.8, 4) is 0 Å². The SMILES string of the molecule is Nc1ccc(NS(=O)(=O)c2ccc([N+](=O)[O-])cc2Cl)cn1. The van der Waals surface area contributed by atoms with E-state index in [1.165, 1.54) is 18.3 Å². The Morgan fingerprint density at radius 2 is 2.00 bits per heavy atom. The van der Waals surface area contributed by atoms with Crippen LogP contribution in [-0.4, -0.2) is 18.3 Å². The van der Waals surface area contributed by atoms with E-state index in [1.54, 1.807) is 0 Å². The normalized spacial score (nSPS) is 11.1. The van der Waals surface area contributed by atoms with Crippen LogP contribution < -0.4 is 10.5 Å². The number of nitrogen functional groups attached to an aromatic ring is 1. The molecule has 21 heavy (non-hydrogen) atoms. The van der Waals surface area contributed by atoms with E-state index in [-0.39, 0.29) is 27.1 Å². The quantitative estimate of drug-likeness (QED) is 0.652. The molecule has 10 heteroatoms. The molecule has 0 amide bonds. The van der Waals surface area contributed by atoms with Crippen LogP contribution in [0.3, 0.4) is 0 Å². The molecule has 0 fully saturated rings. The van der Waals surface area contributed by atoms with Gasteiger partial charge in [0.1, 0.15) is 10.7 Å². The van der Waals surface area contributed by atoms with Gasteiger partial charge in [0.25, 0.3) is 15.7 Å². The lowest BCUT2D eigenvalue weighted by Crippen LogP contribution is -2.13. The van der Waals surface area contributed by atoms with Crippen LogP contribution in [0.25, 0.3) is 0 Å². The molecule has 0 radical (unpaired) electrons. The number of non-ortho nitro benzene ring substituents is 1. The van der Waals surface area contributed by atoms with Crippen LogP contribution in [-0.2, 0) is 10.0 Å². The second-order valence-electron chi connectivity index (χ2n) is 3.95. The Bertz CT molecular complexity index is 792. The summed E-state index contributed by atoms with van der Waals surface area (Å²) < 4.78 is 26.6. The fraction of sp³-hybridized carbons (Fsp3) is 0. The van der Waals surface area contributed by atoms with Gasteiger partial charge in [0.15, 0.2) is 0 Å². The van der Waals surface area contributed by atoms with Gasteiger partial charge in [-0.3, -0.25) is 14.8 Å². The molecule has 3 N–H and O–H groups in total. The summed E-state index contributed by atoms with van der Waals surface area (Å²) in [4.78, 5) is 13.4. The zero-order valence-corrected chi connectivity index (χ0v) is 11.9. The molecule has 0 saturated carbocycles. The van der Waals surface area contributed by atoms with Gasteiger partial charge in [-0.15, -0.1) is 0 Å². The second kappa shape index (κ2) is 5.54. The van der Waals surface area contributed by atoms with E-state index in [9.17, 15) is 18.5 Å². The lowest BCUT2D eigenvalue weighted by molar-refractivity contribution is -0.384. The second-order valence-corrected chi connectivity index (χ2v) is 6.01. The number of rotatable bonds is 4. The third kappa shape index (κ3) is 3.38. The molecule has 1 aromatic heterocycles. The molecule has 0 aliphatic rings. The van der Waals surface area contributed by atoms with Crippen LogP contribution in [0, 0.1) is 10.1 Å². The maximum Gasteiger partial charge on any atom is 0.271 e. The van der Waals surface area contributed by atoms with E-state index in [0.717, 1.165) is 18.2 Å². The molecular weight excluding hydrogens is 320 g/mol. The summed E-state index contributed by atoms with van der Waals surface area (Å²) in [5, 5.41) is 10.3. The van der Waals surface area contributed by atoms with Gasteiger partial charge in [0.2, 0.25) is 0 Å². The van der Waals surface area contributed by atoms with Crippen molar-refractivity contribution in [2.75, 3.05) is 10.5 Å². The summed E-state index contributed by atoms with van der Waals surface area (Å²) in [5.41, 5.74) is 5.29. The van der Waals surface area contributed by atoms with Crippen molar-refractivity contribution in [2.45, 2.75) is 4.90 Å². The van der Waals surface area contributed by atoms with Crippen molar-refractivity contribution in [1.82, 2.24) is 4.98 Å². The number of hydrogen-bond donors (Lipinski definition) is 2. The lowest BCUT2D eigenvalue weighted by atomic mass is 10.3. The topological polar surface area (TPSA) is 128 Å². The average Bonchev–Trinajstić information content (AvgIpc) is 2.40. The Balaban J connectivity index is 2.35. The highest BCUT2D eigenvalue weighted by atomic mass is 35.5. The van der Waals surface area contributed by atoms with E-state index in [1.807, 2.05) is 0 Å². The fourth-order valence-corrected chi connectivity index (χ4v) is 3.08. The van der Waals surface area contributed by atoms with E-state index >= 15 is 0 Å². The summed E-state index contributed by atoms with van der Waals surface area (Å²) >= 11 is 5.79. The molecule has 0 aliphatic heterocycles. The predicted molar refractivity (Wildman–Crippen MR) is 77.6 cm³/mol. The first-order valence-corrected chi connectivity index (χ1v) is 7.34. The van der Waals surface area contributed by atoms with Gasteiger partial charge in [-0.25, -0.2) is 13.4 Å². The largest absolute Gasteiger partial charge is 0.384 e. The smallest absolute Gasteiger partial charge is 0.271 e. The first-order chi connectivity index (χ1) is 9.79. The summed E-state index contributed by atoms with van der Waals surface area (Å²) in [5.74, 6) is 0.242. The van der Waals surface area contributed by atoms with Gasteiger partial charge < -0.3 is 5.73 Å². The molecule has 1 aromatic carbocycles. The van der Waals surface area contributed by atoms with Gasteiger partial charge in [-0.2, -0.15) is 0 Å². The van der Waals surface area contributed by atoms with Gasteiger partial charge in [-0.1, -0.05) is 11.6 Å². The molecule has 0 bridgehead atoms. The van der Waals surface area contributed by atoms with Crippen molar-refractivity contribution in [3.05, 3.63) is 51.7 Å². The molecule has 0 saturated heterocycles. The highest BCUT2D eigenvalue weighted by molar-refractivity contribution is 7.92. The van der Waals surface area contributed by atoms with Crippen LogP contribution in [0.1, 0.15) is 0 Å². The number of nitro groups is 1. The number of nitrogens with zero attached hydrogens (tertiary/aromatic N) is 2. The van der Waals surface area contributed by atoms with Crippen molar-refractivity contribution < 1.29 is 13.3 Å². The zero-order valence-electron chi connectivity index (χ0n) is 10.4. The third-order valence-corrected chi connectivity index (χ3v) is 4.32. The van der Waals surface area contributed by atoms with Crippen molar-refractivity contribution in [3.63, 3.8) is 0 Å². The highest BCUT2D eigenvalue weighted by Crippen LogP contribution is 2.27. The summed E-state index contributed by atoms with van der Waals surface area (Å²) in [6.45, 7) is 0. The first-order valence-electron chi connectivity index (χ1n) is 5.48. The minimum absolute atomic E-state index is 0.193. The van der Waals surface area contributed by atoms with E-state index in [4.69, 9.17) is 17.3 Å². The number of anilines is 2. The zero-order chi connectivity index (χ0) is 15.6. The highest BCUT2D eigenvalue weighted by Gasteiger charge is 2.20. The van der Waals surface area contributed by atoms with Crippen molar-refractivity contribution in [1.29, 1.82) is 0 Å². The Morgan fingerprint density at radius 1 is 1.29 bits per heavy atom. The number of halogens is 1. The number of aromatic nitrogens is 1. The number of pyridine rings is 1. The van der Waals surface area contributed by atoms with Gasteiger partial charge in [-0.05, 0) is 18.2 Å². The minimum atomic E-state index is -3.98. The maximum absolute atomic E-state index is 12.2. The Morgan fingerprint density at radius 3 is 2.52 bits per heavy atom. The van der Waals surface area contributed by atoms with Gasteiger partial charge in [0, 0.05) is 12.1 Å².